The highest BCUT2D eigenvalue weighted by molar-refractivity contribution is 5.39. The van der Waals surface area contributed by atoms with Gasteiger partial charge in [-0.1, -0.05) is 49.8 Å². The van der Waals surface area contributed by atoms with Crippen LogP contribution < -0.4 is 0 Å². The van der Waals surface area contributed by atoms with Gasteiger partial charge >= 0.3 is 0 Å². The third-order valence-electron chi connectivity index (χ3n) is 4.80. The summed E-state index contributed by atoms with van der Waals surface area (Å²) in [5.41, 5.74) is 2.31. The summed E-state index contributed by atoms with van der Waals surface area (Å²) in [6, 6.07) is 10.2. The molecule has 1 heteroatoms. The Balaban J connectivity index is 1.72. The Hall–Kier alpha value is -1.99. The lowest BCUT2D eigenvalue weighted by molar-refractivity contribution is 0.254. The van der Waals surface area contributed by atoms with Crippen LogP contribution in [0.4, 0.5) is 0 Å². The Morgan fingerprint density at radius 2 is 1.68 bits per heavy atom. The third-order valence-corrected chi connectivity index (χ3v) is 4.80. The van der Waals surface area contributed by atoms with Crippen molar-refractivity contribution >= 4 is 0 Å². The second-order valence-corrected chi connectivity index (χ2v) is 6.35. The van der Waals surface area contributed by atoms with Crippen molar-refractivity contribution in [3.05, 3.63) is 48.0 Å². The minimum absolute atomic E-state index is 0.901. The van der Waals surface area contributed by atoms with E-state index in [-0.39, 0.29) is 0 Å². The van der Waals surface area contributed by atoms with Crippen molar-refractivity contribution in [3.8, 4) is 17.9 Å². The van der Waals surface area contributed by atoms with Crippen LogP contribution in [0.5, 0.6) is 0 Å². The molecule has 1 aliphatic carbocycles. The Morgan fingerprint density at radius 3 is 2.27 bits per heavy atom. The van der Waals surface area contributed by atoms with Crippen LogP contribution in [0.3, 0.4) is 0 Å². The Morgan fingerprint density at radius 1 is 1.05 bits per heavy atom. The van der Waals surface area contributed by atoms with Crippen molar-refractivity contribution in [2.75, 3.05) is 0 Å². The molecule has 0 unspecified atom stereocenters. The zero-order valence-corrected chi connectivity index (χ0v) is 13.4. The van der Waals surface area contributed by atoms with Gasteiger partial charge in [0.2, 0.25) is 0 Å². The highest BCUT2D eigenvalue weighted by Crippen LogP contribution is 2.33. The Labute approximate surface area is 135 Å². The summed E-state index contributed by atoms with van der Waals surface area (Å²) < 4.78 is 0. The lowest BCUT2D eigenvalue weighted by Crippen LogP contribution is -2.15. The van der Waals surface area contributed by atoms with E-state index in [1.165, 1.54) is 50.5 Å². The Kier molecular flexibility index (Phi) is 6.79. The highest BCUT2D eigenvalue weighted by Gasteiger charge is 2.20. The maximum atomic E-state index is 8.45. The molecule has 0 aromatic heterocycles. The van der Waals surface area contributed by atoms with E-state index in [2.05, 4.69) is 36.6 Å². The number of allylic oxidation sites excluding steroid dienone is 1. The smallest absolute Gasteiger partial charge is 0.152 e. The van der Waals surface area contributed by atoms with E-state index in [0.717, 1.165) is 23.8 Å². The van der Waals surface area contributed by atoms with Gasteiger partial charge in [-0.3, -0.25) is 0 Å². The largest absolute Gasteiger partial charge is 0.183 e. The van der Waals surface area contributed by atoms with Gasteiger partial charge in [-0.15, -0.1) is 6.58 Å². The standard InChI is InChI=1S/C21H25N/c1-2-3-5-18-7-11-20(12-8-18)15-16-21-13-9-19(10-14-21)6-4-17-22/h2,9-10,13-14,18,20H,1,3,5,7-8,11-12,15-16H2/t18-,20-. The monoisotopic (exact) mass is 291 g/mol. The average Bonchev–Trinajstić information content (AvgIpc) is 2.58. The first-order chi connectivity index (χ1) is 10.8. The van der Waals surface area contributed by atoms with Gasteiger partial charge in [-0.05, 0) is 55.2 Å². The molecule has 1 aliphatic rings. The fourth-order valence-corrected chi connectivity index (χ4v) is 3.39. The van der Waals surface area contributed by atoms with Crippen molar-refractivity contribution in [2.45, 2.75) is 51.4 Å². The molecule has 0 heterocycles. The number of benzene rings is 1. The second-order valence-electron chi connectivity index (χ2n) is 6.35. The van der Waals surface area contributed by atoms with Gasteiger partial charge in [0.05, 0.1) is 0 Å². The first-order valence-electron chi connectivity index (χ1n) is 8.41. The van der Waals surface area contributed by atoms with Crippen LogP contribution in [-0.2, 0) is 6.42 Å². The van der Waals surface area contributed by atoms with Crippen molar-refractivity contribution in [2.24, 2.45) is 11.8 Å². The molecule has 0 N–H and O–H groups in total. The summed E-state index contributed by atoms with van der Waals surface area (Å²) in [5, 5.41) is 8.45. The van der Waals surface area contributed by atoms with Gasteiger partial charge in [-0.2, -0.15) is 5.26 Å². The van der Waals surface area contributed by atoms with Crippen LogP contribution in [0.2, 0.25) is 0 Å². The third kappa shape index (κ3) is 5.42. The van der Waals surface area contributed by atoms with Crippen molar-refractivity contribution < 1.29 is 0 Å². The molecule has 1 saturated carbocycles. The summed E-state index contributed by atoms with van der Waals surface area (Å²) >= 11 is 0. The van der Waals surface area contributed by atoms with E-state index in [1.54, 1.807) is 0 Å². The number of nitrogens with zero attached hydrogens (tertiary/aromatic N) is 1. The molecule has 1 aromatic carbocycles. The minimum Gasteiger partial charge on any atom is -0.183 e. The van der Waals surface area contributed by atoms with Crippen LogP contribution >= 0.6 is 0 Å². The first kappa shape index (κ1) is 16.4. The molecule has 0 amide bonds. The topological polar surface area (TPSA) is 23.8 Å². The lowest BCUT2D eigenvalue weighted by atomic mass is 9.78. The maximum Gasteiger partial charge on any atom is 0.152 e. The zero-order chi connectivity index (χ0) is 15.6. The summed E-state index contributed by atoms with van der Waals surface area (Å²) in [6.45, 7) is 3.82. The molecule has 2 rings (SSSR count). The van der Waals surface area contributed by atoms with Gasteiger partial charge in [0.1, 0.15) is 0 Å². The second kappa shape index (κ2) is 9.11. The molecule has 0 aliphatic heterocycles. The van der Waals surface area contributed by atoms with Crippen LogP contribution in [0.1, 0.15) is 56.1 Å². The summed E-state index contributed by atoms with van der Waals surface area (Å²) in [6.07, 6.45) is 12.6. The lowest BCUT2D eigenvalue weighted by Gasteiger charge is -2.28. The van der Waals surface area contributed by atoms with E-state index in [1.807, 2.05) is 18.2 Å². The average molecular weight is 291 g/mol. The highest BCUT2D eigenvalue weighted by atomic mass is 14.3. The predicted molar refractivity (Wildman–Crippen MR) is 92.1 cm³/mol. The van der Waals surface area contributed by atoms with Crippen LogP contribution in [0.25, 0.3) is 0 Å². The molecule has 22 heavy (non-hydrogen) atoms. The van der Waals surface area contributed by atoms with Gasteiger partial charge in [0.15, 0.2) is 6.07 Å². The number of hydrogen-bond acceptors (Lipinski definition) is 1. The number of hydrogen-bond donors (Lipinski definition) is 0. The molecule has 0 radical (unpaired) electrons. The van der Waals surface area contributed by atoms with E-state index in [9.17, 15) is 0 Å². The first-order valence-corrected chi connectivity index (χ1v) is 8.41. The summed E-state index contributed by atoms with van der Waals surface area (Å²) in [4.78, 5) is 0. The fourth-order valence-electron chi connectivity index (χ4n) is 3.39. The van der Waals surface area contributed by atoms with Crippen LogP contribution in [0, 0.1) is 35.0 Å². The minimum atomic E-state index is 0.901. The van der Waals surface area contributed by atoms with Crippen molar-refractivity contribution in [3.63, 3.8) is 0 Å². The molecular weight excluding hydrogens is 266 g/mol. The van der Waals surface area contributed by atoms with Gasteiger partial charge in [0.25, 0.3) is 0 Å². The van der Waals surface area contributed by atoms with Gasteiger partial charge in [-0.25, -0.2) is 0 Å². The number of aryl methyl sites for hydroxylation is 1. The zero-order valence-electron chi connectivity index (χ0n) is 13.4. The molecule has 114 valence electrons. The van der Waals surface area contributed by atoms with Crippen LogP contribution in [0.15, 0.2) is 36.9 Å². The molecular formula is C21H25N. The summed E-state index contributed by atoms with van der Waals surface area (Å²) in [7, 11) is 0. The molecule has 0 saturated heterocycles. The molecule has 0 atom stereocenters. The van der Waals surface area contributed by atoms with E-state index < -0.39 is 0 Å². The normalized spacial score (nSPS) is 20.5. The summed E-state index contributed by atoms with van der Waals surface area (Å²) in [5.74, 6) is 7.10. The Bertz CT molecular complexity index is 557. The van der Waals surface area contributed by atoms with Crippen molar-refractivity contribution in [1.29, 1.82) is 5.26 Å². The van der Waals surface area contributed by atoms with Gasteiger partial charge < -0.3 is 0 Å². The van der Waals surface area contributed by atoms with Crippen LogP contribution in [-0.4, -0.2) is 0 Å². The molecule has 0 bridgehead atoms. The SMILES string of the molecule is C=CCC[C@H]1CC[C@H](CCc2ccc(C#CC#N)cc2)CC1. The number of nitriles is 1. The maximum absolute atomic E-state index is 8.45. The number of rotatable bonds is 6. The molecule has 0 spiro atoms. The predicted octanol–water partition coefficient (Wildman–Crippen LogP) is 5.27. The van der Waals surface area contributed by atoms with E-state index in [0.29, 0.717) is 0 Å². The van der Waals surface area contributed by atoms with Gasteiger partial charge in [0, 0.05) is 11.5 Å². The van der Waals surface area contributed by atoms with Crippen molar-refractivity contribution in [1.82, 2.24) is 0 Å². The van der Waals surface area contributed by atoms with E-state index >= 15 is 0 Å². The molecule has 1 nitrogen and oxygen atoms in total. The quantitative estimate of drug-likeness (QED) is 0.517. The fraction of sp³-hybridized carbons (Fsp3) is 0.476. The molecule has 1 fully saturated rings. The molecule has 1 aromatic rings. The van der Waals surface area contributed by atoms with E-state index in [4.69, 9.17) is 5.26 Å².